The molecule has 140 valence electrons. The number of piperidine rings is 1. The monoisotopic (exact) mass is 370 g/mol. The van der Waals surface area contributed by atoms with Crippen LogP contribution in [0, 0.1) is 0 Å². The van der Waals surface area contributed by atoms with Gasteiger partial charge in [0.2, 0.25) is 5.91 Å². The Kier molecular flexibility index (Phi) is 9.31. The lowest BCUT2D eigenvalue weighted by Crippen LogP contribution is -2.48. The lowest BCUT2D eigenvalue weighted by atomic mass is 10.0. The number of carbonyl (C=O) groups is 2. The van der Waals surface area contributed by atoms with Crippen molar-refractivity contribution in [2.24, 2.45) is 0 Å². The van der Waals surface area contributed by atoms with Crippen molar-refractivity contribution in [3.05, 3.63) is 29.8 Å². The van der Waals surface area contributed by atoms with Crippen molar-refractivity contribution in [3.8, 4) is 5.75 Å². The van der Waals surface area contributed by atoms with Gasteiger partial charge in [-0.1, -0.05) is 25.5 Å². The third kappa shape index (κ3) is 6.92. The maximum atomic E-state index is 12.1. The maximum absolute atomic E-state index is 12.1. The van der Waals surface area contributed by atoms with Gasteiger partial charge in [-0.05, 0) is 43.5 Å². The molecule has 1 aliphatic heterocycles. The van der Waals surface area contributed by atoms with E-state index in [1.807, 2.05) is 24.3 Å². The first-order valence-corrected chi connectivity index (χ1v) is 8.55. The quantitative estimate of drug-likeness (QED) is 0.734. The van der Waals surface area contributed by atoms with Gasteiger partial charge in [0.25, 0.3) is 0 Å². The van der Waals surface area contributed by atoms with Gasteiger partial charge < -0.3 is 15.2 Å². The molecular formula is C18H27ClN2O4. The van der Waals surface area contributed by atoms with E-state index in [1.54, 1.807) is 4.90 Å². The molecule has 1 atom stereocenters. The highest BCUT2D eigenvalue weighted by Gasteiger charge is 2.29. The summed E-state index contributed by atoms with van der Waals surface area (Å²) in [6.45, 7) is 3.97. The number of aliphatic carboxylic acids is 1. The summed E-state index contributed by atoms with van der Waals surface area (Å²) in [6.07, 6.45) is 3.42. The van der Waals surface area contributed by atoms with Crippen LogP contribution >= 0.6 is 12.4 Å². The van der Waals surface area contributed by atoms with E-state index in [0.717, 1.165) is 30.6 Å². The SMILES string of the molecule is CCCOc1ccc(CNC(=O)CN2CCCCC2C(=O)O)cc1.Cl. The van der Waals surface area contributed by atoms with Crippen LogP contribution in [0.3, 0.4) is 0 Å². The molecule has 7 heteroatoms. The van der Waals surface area contributed by atoms with Crippen LogP contribution in [0.4, 0.5) is 0 Å². The molecule has 0 aliphatic carbocycles. The zero-order chi connectivity index (χ0) is 17.4. The Morgan fingerprint density at radius 3 is 2.64 bits per heavy atom. The first-order chi connectivity index (χ1) is 11.6. The van der Waals surface area contributed by atoms with Crippen LogP contribution in [0.25, 0.3) is 0 Å². The zero-order valence-corrected chi connectivity index (χ0v) is 15.4. The molecule has 1 saturated heterocycles. The van der Waals surface area contributed by atoms with Gasteiger partial charge in [-0.2, -0.15) is 0 Å². The van der Waals surface area contributed by atoms with E-state index in [2.05, 4.69) is 12.2 Å². The summed E-state index contributed by atoms with van der Waals surface area (Å²) in [7, 11) is 0. The molecule has 0 bridgehead atoms. The highest BCUT2D eigenvalue weighted by atomic mass is 35.5. The highest BCUT2D eigenvalue weighted by Crippen LogP contribution is 2.17. The molecule has 1 fully saturated rings. The van der Waals surface area contributed by atoms with E-state index in [-0.39, 0.29) is 24.9 Å². The van der Waals surface area contributed by atoms with Gasteiger partial charge in [0.05, 0.1) is 13.2 Å². The molecule has 0 aromatic heterocycles. The predicted octanol–water partition coefficient (Wildman–Crippen LogP) is 2.45. The Hall–Kier alpha value is -1.79. The molecule has 1 heterocycles. The number of nitrogens with one attached hydrogen (secondary N) is 1. The van der Waals surface area contributed by atoms with Gasteiger partial charge in [0.15, 0.2) is 0 Å². The second kappa shape index (κ2) is 10.9. The Bertz CT molecular complexity index is 551. The van der Waals surface area contributed by atoms with E-state index < -0.39 is 12.0 Å². The van der Waals surface area contributed by atoms with Crippen LogP contribution in [0.1, 0.15) is 38.2 Å². The van der Waals surface area contributed by atoms with E-state index in [1.165, 1.54) is 0 Å². The number of carboxylic acids is 1. The Labute approximate surface area is 154 Å². The fourth-order valence-corrected chi connectivity index (χ4v) is 2.82. The average Bonchev–Trinajstić information content (AvgIpc) is 2.59. The number of carbonyl (C=O) groups excluding carboxylic acids is 1. The van der Waals surface area contributed by atoms with Crippen molar-refractivity contribution >= 4 is 24.3 Å². The second-order valence-corrected chi connectivity index (χ2v) is 6.09. The molecule has 2 rings (SSSR count). The van der Waals surface area contributed by atoms with Crippen LogP contribution in [0.5, 0.6) is 5.75 Å². The lowest BCUT2D eigenvalue weighted by Gasteiger charge is -2.32. The van der Waals surface area contributed by atoms with E-state index in [9.17, 15) is 14.7 Å². The van der Waals surface area contributed by atoms with Gasteiger partial charge >= 0.3 is 5.97 Å². The van der Waals surface area contributed by atoms with Crippen molar-refractivity contribution in [1.29, 1.82) is 0 Å². The zero-order valence-electron chi connectivity index (χ0n) is 14.6. The van der Waals surface area contributed by atoms with E-state index >= 15 is 0 Å². The first kappa shape index (κ1) is 21.3. The molecule has 1 aliphatic rings. The molecule has 0 spiro atoms. The number of hydrogen-bond acceptors (Lipinski definition) is 4. The summed E-state index contributed by atoms with van der Waals surface area (Å²) in [6, 6.07) is 7.09. The molecule has 1 aromatic carbocycles. The first-order valence-electron chi connectivity index (χ1n) is 8.55. The van der Waals surface area contributed by atoms with Crippen molar-refractivity contribution in [2.75, 3.05) is 19.7 Å². The van der Waals surface area contributed by atoms with E-state index in [4.69, 9.17) is 4.74 Å². The minimum Gasteiger partial charge on any atom is -0.494 e. The summed E-state index contributed by atoms with van der Waals surface area (Å²) in [5.41, 5.74) is 0.987. The average molecular weight is 371 g/mol. The van der Waals surface area contributed by atoms with Crippen LogP contribution < -0.4 is 10.1 Å². The van der Waals surface area contributed by atoms with Crippen molar-refractivity contribution in [3.63, 3.8) is 0 Å². The predicted molar refractivity (Wildman–Crippen MR) is 98.2 cm³/mol. The van der Waals surface area contributed by atoms with Crippen LogP contribution in [0.2, 0.25) is 0 Å². The van der Waals surface area contributed by atoms with Crippen LogP contribution in [-0.2, 0) is 16.1 Å². The number of carboxylic acid groups (broad SMARTS) is 1. The van der Waals surface area contributed by atoms with E-state index in [0.29, 0.717) is 26.1 Å². The Morgan fingerprint density at radius 2 is 2.00 bits per heavy atom. The minimum absolute atomic E-state index is 0. The van der Waals surface area contributed by atoms with Gasteiger partial charge in [-0.25, -0.2) is 0 Å². The van der Waals surface area contributed by atoms with Crippen LogP contribution in [-0.4, -0.2) is 47.6 Å². The third-order valence-electron chi connectivity index (χ3n) is 4.13. The van der Waals surface area contributed by atoms with Gasteiger partial charge in [-0.3, -0.25) is 14.5 Å². The number of rotatable bonds is 8. The van der Waals surface area contributed by atoms with Gasteiger partial charge in [-0.15, -0.1) is 12.4 Å². The van der Waals surface area contributed by atoms with Gasteiger partial charge in [0.1, 0.15) is 11.8 Å². The summed E-state index contributed by atoms with van der Waals surface area (Å²) >= 11 is 0. The van der Waals surface area contributed by atoms with Gasteiger partial charge in [0, 0.05) is 6.54 Å². The topological polar surface area (TPSA) is 78.9 Å². The molecule has 6 nitrogen and oxygen atoms in total. The molecular weight excluding hydrogens is 344 g/mol. The fraction of sp³-hybridized carbons (Fsp3) is 0.556. The summed E-state index contributed by atoms with van der Waals surface area (Å²) in [5, 5.41) is 12.1. The fourth-order valence-electron chi connectivity index (χ4n) is 2.82. The molecule has 0 saturated carbocycles. The number of hydrogen-bond donors (Lipinski definition) is 2. The molecule has 1 amide bonds. The Balaban J connectivity index is 0.00000312. The lowest BCUT2D eigenvalue weighted by molar-refractivity contribution is -0.145. The van der Waals surface area contributed by atoms with Crippen LogP contribution in [0.15, 0.2) is 24.3 Å². The number of halogens is 1. The number of ether oxygens (including phenoxy) is 1. The van der Waals surface area contributed by atoms with Crippen molar-refractivity contribution < 1.29 is 19.4 Å². The summed E-state index contributed by atoms with van der Waals surface area (Å²) in [4.78, 5) is 25.1. The summed E-state index contributed by atoms with van der Waals surface area (Å²) < 4.78 is 5.52. The standard InChI is InChI=1S/C18H26N2O4.ClH/c1-2-11-24-15-8-6-14(7-9-15)12-19-17(21)13-20-10-4-3-5-16(20)18(22)23;/h6-9,16H,2-5,10-13H2,1H3,(H,19,21)(H,22,23);1H. The largest absolute Gasteiger partial charge is 0.494 e. The second-order valence-electron chi connectivity index (χ2n) is 6.09. The highest BCUT2D eigenvalue weighted by molar-refractivity contribution is 5.85. The minimum atomic E-state index is -0.842. The molecule has 0 radical (unpaired) electrons. The molecule has 1 aromatic rings. The third-order valence-corrected chi connectivity index (χ3v) is 4.13. The Morgan fingerprint density at radius 1 is 1.28 bits per heavy atom. The van der Waals surface area contributed by atoms with Crippen molar-refractivity contribution in [1.82, 2.24) is 10.2 Å². The molecule has 1 unspecified atom stereocenters. The summed E-state index contributed by atoms with van der Waals surface area (Å²) in [5.74, 6) is -0.163. The smallest absolute Gasteiger partial charge is 0.320 e. The number of likely N-dealkylation sites (tertiary alicyclic amines) is 1. The number of amides is 1. The number of nitrogens with zero attached hydrogens (tertiary/aromatic N) is 1. The molecule has 2 N–H and O–H groups in total. The number of benzene rings is 1. The molecule has 25 heavy (non-hydrogen) atoms. The van der Waals surface area contributed by atoms with Crippen molar-refractivity contribution in [2.45, 2.75) is 45.2 Å². The maximum Gasteiger partial charge on any atom is 0.320 e. The normalized spacial score (nSPS) is 17.4.